The van der Waals surface area contributed by atoms with Gasteiger partial charge in [-0.2, -0.15) is 0 Å². The van der Waals surface area contributed by atoms with E-state index in [9.17, 15) is 9.59 Å². The van der Waals surface area contributed by atoms with Crippen molar-refractivity contribution in [3.8, 4) is 0 Å². The molecule has 0 atom stereocenters. The SMILES string of the molecule is O=C1c2c([nH]cc(Br)c2=O)CN1C1CC1. The van der Waals surface area contributed by atoms with E-state index < -0.39 is 0 Å². The molecular weight excluding hydrogens is 260 g/mol. The number of fused-ring (bicyclic) bond motifs is 1. The molecule has 0 spiro atoms. The standard InChI is InChI=1S/C10H9BrN2O2/c11-6-3-12-7-4-13(5-1-2-5)10(15)8(7)9(6)14/h3,5H,1-2,4H2,(H,12,14). The van der Waals surface area contributed by atoms with Crippen LogP contribution < -0.4 is 5.43 Å². The number of hydrogen-bond acceptors (Lipinski definition) is 2. The number of hydrogen-bond donors (Lipinski definition) is 1. The number of carbonyl (C=O) groups is 1. The third kappa shape index (κ3) is 1.26. The molecule has 1 aliphatic carbocycles. The molecule has 0 saturated heterocycles. The van der Waals surface area contributed by atoms with Gasteiger partial charge in [-0.3, -0.25) is 9.59 Å². The van der Waals surface area contributed by atoms with E-state index in [4.69, 9.17) is 0 Å². The molecule has 2 heterocycles. The zero-order chi connectivity index (χ0) is 10.6. The van der Waals surface area contributed by atoms with Gasteiger partial charge in [0, 0.05) is 12.2 Å². The number of carbonyl (C=O) groups excluding carboxylic acids is 1. The van der Waals surface area contributed by atoms with Crippen LogP contribution in [0.2, 0.25) is 0 Å². The normalized spacial score (nSPS) is 19.5. The summed E-state index contributed by atoms with van der Waals surface area (Å²) in [6.07, 6.45) is 3.73. The van der Waals surface area contributed by atoms with Crippen molar-refractivity contribution in [2.45, 2.75) is 25.4 Å². The van der Waals surface area contributed by atoms with Crippen LogP contribution in [-0.4, -0.2) is 21.8 Å². The third-order valence-electron chi connectivity index (χ3n) is 2.91. The van der Waals surface area contributed by atoms with Gasteiger partial charge in [-0.1, -0.05) is 0 Å². The highest BCUT2D eigenvalue weighted by molar-refractivity contribution is 9.10. The summed E-state index contributed by atoms with van der Waals surface area (Å²) in [6, 6.07) is 0.358. The highest BCUT2D eigenvalue weighted by Crippen LogP contribution is 2.33. The summed E-state index contributed by atoms with van der Waals surface area (Å²) in [4.78, 5) is 28.5. The minimum absolute atomic E-state index is 0.116. The molecule has 5 heteroatoms. The van der Waals surface area contributed by atoms with E-state index in [1.54, 1.807) is 11.1 Å². The van der Waals surface area contributed by atoms with Gasteiger partial charge in [-0.05, 0) is 28.8 Å². The minimum Gasteiger partial charge on any atom is -0.362 e. The Kier molecular flexibility index (Phi) is 1.80. The number of halogens is 1. The Morgan fingerprint density at radius 2 is 2.13 bits per heavy atom. The molecule has 0 bridgehead atoms. The molecule has 3 rings (SSSR count). The van der Waals surface area contributed by atoms with Gasteiger partial charge in [-0.15, -0.1) is 0 Å². The molecule has 1 aliphatic heterocycles. The lowest BCUT2D eigenvalue weighted by Gasteiger charge is -2.12. The second-order valence-corrected chi connectivity index (χ2v) is 4.84. The van der Waals surface area contributed by atoms with Crippen molar-refractivity contribution in [2.24, 2.45) is 0 Å². The molecule has 1 saturated carbocycles. The van der Waals surface area contributed by atoms with Gasteiger partial charge in [0.2, 0.25) is 5.43 Å². The number of nitrogens with one attached hydrogen (secondary N) is 1. The van der Waals surface area contributed by atoms with Gasteiger partial charge in [0.15, 0.2) is 0 Å². The van der Waals surface area contributed by atoms with Crippen LogP contribution in [0.1, 0.15) is 28.9 Å². The van der Waals surface area contributed by atoms with Crippen LogP contribution in [-0.2, 0) is 6.54 Å². The van der Waals surface area contributed by atoms with E-state index in [-0.39, 0.29) is 11.3 Å². The second kappa shape index (κ2) is 2.95. The van der Waals surface area contributed by atoms with Gasteiger partial charge in [0.05, 0.1) is 16.7 Å². The van der Waals surface area contributed by atoms with Crippen LogP contribution in [0.15, 0.2) is 15.5 Å². The number of pyridine rings is 1. The van der Waals surface area contributed by atoms with Crippen LogP contribution in [0.3, 0.4) is 0 Å². The molecule has 2 aliphatic rings. The number of amides is 1. The fourth-order valence-corrected chi connectivity index (χ4v) is 2.28. The second-order valence-electron chi connectivity index (χ2n) is 3.98. The first-order chi connectivity index (χ1) is 7.18. The zero-order valence-electron chi connectivity index (χ0n) is 7.92. The molecular formula is C10H9BrN2O2. The Morgan fingerprint density at radius 3 is 2.80 bits per heavy atom. The van der Waals surface area contributed by atoms with Crippen molar-refractivity contribution in [2.75, 3.05) is 0 Å². The van der Waals surface area contributed by atoms with Crippen molar-refractivity contribution in [3.63, 3.8) is 0 Å². The monoisotopic (exact) mass is 268 g/mol. The van der Waals surface area contributed by atoms with E-state index in [1.165, 1.54) is 0 Å². The molecule has 0 aromatic carbocycles. The molecule has 78 valence electrons. The lowest BCUT2D eigenvalue weighted by molar-refractivity contribution is 0.0765. The van der Waals surface area contributed by atoms with E-state index >= 15 is 0 Å². The summed E-state index contributed by atoms with van der Waals surface area (Å²) in [5.41, 5.74) is 0.869. The van der Waals surface area contributed by atoms with Crippen LogP contribution in [0, 0.1) is 0 Å². The fourth-order valence-electron chi connectivity index (χ4n) is 1.96. The largest absolute Gasteiger partial charge is 0.362 e. The van der Waals surface area contributed by atoms with E-state index in [0.29, 0.717) is 22.6 Å². The number of rotatable bonds is 1. The number of nitrogens with zero attached hydrogens (tertiary/aromatic N) is 1. The van der Waals surface area contributed by atoms with Gasteiger partial charge < -0.3 is 9.88 Å². The first-order valence-electron chi connectivity index (χ1n) is 4.89. The van der Waals surface area contributed by atoms with Crippen molar-refractivity contribution in [1.82, 2.24) is 9.88 Å². The summed E-state index contributed by atoms with van der Waals surface area (Å²) in [7, 11) is 0. The van der Waals surface area contributed by atoms with Crippen LogP contribution in [0.5, 0.6) is 0 Å². The molecule has 1 aromatic heterocycles. The number of aromatic nitrogens is 1. The minimum atomic E-state index is -0.197. The van der Waals surface area contributed by atoms with Crippen LogP contribution >= 0.6 is 15.9 Å². The lowest BCUT2D eigenvalue weighted by atomic mass is 10.2. The predicted molar refractivity (Wildman–Crippen MR) is 57.7 cm³/mol. The van der Waals surface area contributed by atoms with Gasteiger partial charge in [0.1, 0.15) is 5.56 Å². The Balaban J connectivity index is 2.12. The molecule has 1 aromatic rings. The highest BCUT2D eigenvalue weighted by Gasteiger charge is 2.40. The van der Waals surface area contributed by atoms with Crippen molar-refractivity contribution in [3.05, 3.63) is 32.2 Å². The van der Waals surface area contributed by atoms with Crippen molar-refractivity contribution < 1.29 is 4.79 Å². The van der Waals surface area contributed by atoms with E-state index in [0.717, 1.165) is 18.5 Å². The quantitative estimate of drug-likeness (QED) is 0.834. The zero-order valence-corrected chi connectivity index (χ0v) is 9.50. The Hall–Kier alpha value is -1.10. The summed E-state index contributed by atoms with van der Waals surface area (Å²) in [6.45, 7) is 0.557. The molecule has 4 nitrogen and oxygen atoms in total. The fraction of sp³-hybridized carbons (Fsp3) is 0.400. The molecule has 1 amide bonds. The first kappa shape index (κ1) is 9.15. The van der Waals surface area contributed by atoms with Gasteiger partial charge >= 0.3 is 0 Å². The van der Waals surface area contributed by atoms with Crippen LogP contribution in [0.25, 0.3) is 0 Å². The van der Waals surface area contributed by atoms with Gasteiger partial charge in [0.25, 0.3) is 5.91 Å². The van der Waals surface area contributed by atoms with Crippen molar-refractivity contribution >= 4 is 21.8 Å². The third-order valence-corrected chi connectivity index (χ3v) is 3.50. The van der Waals surface area contributed by atoms with E-state index in [2.05, 4.69) is 20.9 Å². The number of H-pyrrole nitrogens is 1. The van der Waals surface area contributed by atoms with Gasteiger partial charge in [-0.25, -0.2) is 0 Å². The van der Waals surface area contributed by atoms with Crippen LogP contribution in [0.4, 0.5) is 0 Å². The molecule has 0 unspecified atom stereocenters. The van der Waals surface area contributed by atoms with E-state index in [1.807, 2.05) is 0 Å². The highest BCUT2D eigenvalue weighted by atomic mass is 79.9. The molecule has 0 radical (unpaired) electrons. The first-order valence-corrected chi connectivity index (χ1v) is 5.69. The topological polar surface area (TPSA) is 53.2 Å². The Labute approximate surface area is 94.4 Å². The average Bonchev–Trinajstić information content (AvgIpc) is 2.98. The average molecular weight is 269 g/mol. The summed E-state index contributed by atoms with van der Waals surface area (Å²) >= 11 is 3.13. The van der Waals surface area contributed by atoms with Crippen molar-refractivity contribution in [1.29, 1.82) is 0 Å². The predicted octanol–water partition coefficient (Wildman–Crippen LogP) is 1.26. The maximum atomic E-state index is 11.9. The molecule has 1 N–H and O–H groups in total. The maximum absolute atomic E-state index is 11.9. The molecule has 15 heavy (non-hydrogen) atoms. The summed E-state index contributed by atoms with van der Waals surface area (Å²) < 4.78 is 0.423. The maximum Gasteiger partial charge on any atom is 0.260 e. The number of aromatic amines is 1. The lowest BCUT2D eigenvalue weighted by Crippen LogP contribution is -2.28. The Bertz CT molecular complexity index is 505. The summed E-state index contributed by atoms with van der Waals surface area (Å²) in [5, 5.41) is 0. The smallest absolute Gasteiger partial charge is 0.260 e. The summed E-state index contributed by atoms with van der Waals surface area (Å²) in [5.74, 6) is -0.116. The molecule has 1 fully saturated rings. The Morgan fingerprint density at radius 1 is 1.40 bits per heavy atom.